The van der Waals surface area contributed by atoms with Crippen LogP contribution in [0.25, 0.3) is 11.7 Å². The van der Waals surface area contributed by atoms with Crippen molar-refractivity contribution in [2.24, 2.45) is 16.6 Å². The lowest BCUT2D eigenvalue weighted by atomic mass is 10.2. The molecule has 1 aliphatic rings. The van der Waals surface area contributed by atoms with Gasteiger partial charge < -0.3 is 21.1 Å². The van der Waals surface area contributed by atoms with Gasteiger partial charge in [-0.3, -0.25) is 9.98 Å². The molecule has 3 heterocycles. The van der Waals surface area contributed by atoms with Gasteiger partial charge in [-0.2, -0.15) is 9.61 Å². The molecule has 1 aromatic carbocycles. The number of aromatic nitrogens is 5. The van der Waals surface area contributed by atoms with E-state index >= 15 is 0 Å². The first-order chi connectivity index (χ1) is 15.1. The van der Waals surface area contributed by atoms with E-state index in [0.29, 0.717) is 34.6 Å². The van der Waals surface area contributed by atoms with Crippen molar-refractivity contribution in [1.82, 2.24) is 24.6 Å². The fraction of sp³-hybridized carbons (Fsp3) is 0.238. The lowest BCUT2D eigenvalue weighted by molar-refractivity contribution is 0.454. The van der Waals surface area contributed by atoms with Gasteiger partial charge in [0, 0.05) is 30.1 Å². The van der Waals surface area contributed by atoms with Crippen LogP contribution in [0.2, 0.25) is 0 Å². The first-order valence-corrected chi connectivity index (χ1v) is 10.1. The van der Waals surface area contributed by atoms with Gasteiger partial charge in [-0.15, -0.1) is 0 Å². The smallest absolute Gasteiger partial charge is 0.326 e. The molecule has 0 unspecified atom stereocenters. The lowest BCUT2D eigenvalue weighted by Gasteiger charge is -2.08. The fourth-order valence-electron chi connectivity index (χ4n) is 3.34. The molecule has 5 rings (SSSR count). The molecule has 0 spiro atoms. The highest BCUT2D eigenvalue weighted by molar-refractivity contribution is 5.61. The average molecular weight is 418 g/mol. The minimum absolute atomic E-state index is 0.240. The molecule has 4 aromatic rings. The molecular formula is C21H22N8O2. The summed E-state index contributed by atoms with van der Waals surface area (Å²) in [6.07, 6.45) is 5.65. The molecule has 158 valence electrons. The summed E-state index contributed by atoms with van der Waals surface area (Å²) in [5.41, 5.74) is 8.63. The van der Waals surface area contributed by atoms with Crippen molar-refractivity contribution in [1.29, 1.82) is 0 Å². The van der Waals surface area contributed by atoms with Gasteiger partial charge in [0.1, 0.15) is 11.5 Å². The molecule has 1 fully saturated rings. The van der Waals surface area contributed by atoms with Crippen molar-refractivity contribution >= 4 is 23.2 Å². The van der Waals surface area contributed by atoms with Gasteiger partial charge >= 0.3 is 5.69 Å². The molecular weight excluding hydrogens is 396 g/mol. The zero-order chi connectivity index (χ0) is 21.4. The molecule has 31 heavy (non-hydrogen) atoms. The summed E-state index contributed by atoms with van der Waals surface area (Å²) in [5, 5.41) is 18.3. The Morgan fingerprint density at radius 1 is 1.32 bits per heavy atom. The van der Waals surface area contributed by atoms with Crippen LogP contribution in [0.15, 0.2) is 46.3 Å². The topological polar surface area (TPSA) is 149 Å². The first-order valence-electron chi connectivity index (χ1n) is 10.1. The van der Waals surface area contributed by atoms with Gasteiger partial charge in [0.15, 0.2) is 11.1 Å². The maximum absolute atomic E-state index is 11.5. The van der Waals surface area contributed by atoms with Crippen molar-refractivity contribution < 1.29 is 5.11 Å². The monoisotopic (exact) mass is 418 g/mol. The molecule has 0 bridgehead atoms. The maximum Gasteiger partial charge on any atom is 0.326 e. The van der Waals surface area contributed by atoms with Crippen LogP contribution >= 0.6 is 0 Å². The second-order valence-electron chi connectivity index (χ2n) is 7.63. The Hall–Kier alpha value is -3.92. The summed E-state index contributed by atoms with van der Waals surface area (Å²) >= 11 is 0. The molecule has 10 nitrogen and oxygen atoms in total. The van der Waals surface area contributed by atoms with E-state index < -0.39 is 5.69 Å². The summed E-state index contributed by atoms with van der Waals surface area (Å²) in [6, 6.07) is 9.67. The van der Waals surface area contributed by atoms with Crippen LogP contribution in [-0.4, -0.2) is 36.2 Å². The number of benzene rings is 1. The van der Waals surface area contributed by atoms with Gasteiger partial charge in [-0.1, -0.05) is 12.1 Å². The number of rotatable bonds is 6. The zero-order valence-corrected chi connectivity index (χ0v) is 16.7. The average Bonchev–Trinajstić information content (AvgIpc) is 3.43. The summed E-state index contributed by atoms with van der Waals surface area (Å²) in [5.74, 6) is 0.998. The summed E-state index contributed by atoms with van der Waals surface area (Å²) in [6.45, 7) is 1.19. The van der Waals surface area contributed by atoms with Crippen LogP contribution in [0.3, 0.4) is 0 Å². The second kappa shape index (κ2) is 7.73. The molecule has 1 aliphatic carbocycles. The number of anilines is 2. The molecule has 0 saturated heterocycles. The Morgan fingerprint density at radius 2 is 2.19 bits per heavy atom. The predicted octanol–water partition coefficient (Wildman–Crippen LogP) is 0.512. The lowest BCUT2D eigenvalue weighted by Crippen LogP contribution is -2.20. The number of nitrogens with zero attached hydrogens (tertiary/aromatic N) is 4. The molecule has 0 amide bonds. The van der Waals surface area contributed by atoms with Crippen LogP contribution < -0.4 is 27.4 Å². The van der Waals surface area contributed by atoms with Crippen LogP contribution in [0.5, 0.6) is 5.88 Å². The number of aromatic hydroxyl groups is 1. The quantitative estimate of drug-likeness (QED) is 0.308. The highest BCUT2D eigenvalue weighted by atomic mass is 16.3. The number of fused-ring (bicyclic) bond motifs is 1. The van der Waals surface area contributed by atoms with Gasteiger partial charge in [0.2, 0.25) is 5.88 Å². The second-order valence-corrected chi connectivity index (χ2v) is 7.63. The number of hydrogen-bond donors (Lipinski definition) is 5. The third-order valence-corrected chi connectivity index (χ3v) is 5.16. The Kier molecular flexibility index (Phi) is 4.75. The minimum atomic E-state index is -0.490. The number of H-pyrrole nitrogens is 2. The first kappa shape index (κ1) is 19.1. The normalized spacial score (nSPS) is 15.1. The summed E-state index contributed by atoms with van der Waals surface area (Å²) in [4.78, 5) is 25.8. The van der Waals surface area contributed by atoms with E-state index in [9.17, 15) is 9.90 Å². The Balaban J connectivity index is 1.64. The van der Waals surface area contributed by atoms with Crippen LogP contribution in [0, 0.1) is 5.92 Å². The molecule has 6 N–H and O–H groups in total. The Morgan fingerprint density at radius 3 is 2.94 bits per heavy atom. The van der Waals surface area contributed by atoms with E-state index in [4.69, 9.17) is 15.7 Å². The highest BCUT2D eigenvalue weighted by Gasteiger charge is 2.20. The molecule has 3 aromatic heterocycles. The SMILES string of the molecule is NCc1cccc(Nc2cc(=NCC3CC3)n3ncc(=Cc4[nH]c(=O)[nH]c4O)c3n2)c1. The molecule has 0 atom stereocenters. The van der Waals surface area contributed by atoms with E-state index in [0.717, 1.165) is 17.8 Å². The van der Waals surface area contributed by atoms with Crippen molar-refractivity contribution in [3.05, 3.63) is 69.0 Å². The van der Waals surface area contributed by atoms with Gasteiger partial charge in [-0.05, 0) is 42.5 Å². The number of aromatic amines is 2. The number of hydrogen-bond acceptors (Lipinski definition) is 7. The van der Waals surface area contributed by atoms with Gasteiger partial charge in [0.05, 0.1) is 6.20 Å². The van der Waals surface area contributed by atoms with Crippen LogP contribution in [0.1, 0.15) is 24.1 Å². The standard InChI is InChI=1S/C21H22N8O2/c22-9-13-2-1-3-15(6-13)25-17-8-18(23-10-12-4-5-12)29-19(27-17)14(11-24-29)7-16-20(30)28-21(31)26-16/h1-3,6-8,11-12,25,30H,4-5,9-10,22H2,(H2,26,28,31). The number of nitrogens with one attached hydrogen (secondary N) is 3. The molecule has 0 radical (unpaired) electrons. The van der Waals surface area contributed by atoms with Crippen LogP contribution in [0.4, 0.5) is 11.5 Å². The Labute approximate surface area is 176 Å². The zero-order valence-electron chi connectivity index (χ0n) is 16.7. The van der Waals surface area contributed by atoms with Crippen molar-refractivity contribution in [3.63, 3.8) is 0 Å². The third kappa shape index (κ3) is 4.05. The van der Waals surface area contributed by atoms with Gasteiger partial charge in [0.25, 0.3) is 0 Å². The third-order valence-electron chi connectivity index (χ3n) is 5.16. The molecule has 1 saturated carbocycles. The fourth-order valence-corrected chi connectivity index (χ4v) is 3.34. The van der Waals surface area contributed by atoms with E-state index in [1.165, 1.54) is 12.8 Å². The maximum atomic E-state index is 11.5. The number of imidazole rings is 1. The molecule has 10 heteroatoms. The van der Waals surface area contributed by atoms with Crippen molar-refractivity contribution in [2.45, 2.75) is 19.4 Å². The van der Waals surface area contributed by atoms with Crippen LogP contribution in [-0.2, 0) is 6.54 Å². The van der Waals surface area contributed by atoms with Crippen molar-refractivity contribution in [2.75, 3.05) is 11.9 Å². The highest BCUT2D eigenvalue weighted by Crippen LogP contribution is 2.28. The summed E-state index contributed by atoms with van der Waals surface area (Å²) in [7, 11) is 0. The van der Waals surface area contributed by atoms with Gasteiger partial charge in [-0.25, -0.2) is 9.78 Å². The summed E-state index contributed by atoms with van der Waals surface area (Å²) < 4.78 is 1.66. The minimum Gasteiger partial charge on any atom is -0.493 e. The van der Waals surface area contributed by atoms with E-state index in [2.05, 4.69) is 20.4 Å². The van der Waals surface area contributed by atoms with E-state index in [-0.39, 0.29) is 11.6 Å². The van der Waals surface area contributed by atoms with Crippen molar-refractivity contribution in [3.8, 4) is 5.88 Å². The number of nitrogens with two attached hydrogens (primary N) is 1. The predicted molar refractivity (Wildman–Crippen MR) is 116 cm³/mol. The Bertz CT molecular complexity index is 1430. The van der Waals surface area contributed by atoms with E-state index in [1.54, 1.807) is 16.8 Å². The largest absolute Gasteiger partial charge is 0.493 e. The van der Waals surface area contributed by atoms with E-state index in [1.807, 2.05) is 30.3 Å². The molecule has 0 aliphatic heterocycles.